The highest BCUT2D eigenvalue weighted by molar-refractivity contribution is 6.74. The zero-order chi connectivity index (χ0) is 32.1. The first-order chi connectivity index (χ1) is 20.5. The molecule has 2 atom stereocenters. The van der Waals surface area contributed by atoms with E-state index in [4.69, 9.17) is 18.9 Å². The topological polar surface area (TPSA) is 73.7 Å². The van der Waals surface area contributed by atoms with Crippen LogP contribution < -0.4 is 0 Å². The summed E-state index contributed by atoms with van der Waals surface area (Å²) in [6.07, 6.45) is 0.575. The van der Waals surface area contributed by atoms with Crippen LogP contribution in [0, 0.1) is 5.41 Å². The van der Waals surface area contributed by atoms with Gasteiger partial charge in [0, 0.05) is 42.1 Å². The summed E-state index contributed by atoms with van der Waals surface area (Å²) in [7, 11) is -2.24. The van der Waals surface area contributed by atoms with E-state index >= 15 is 0 Å². The average Bonchev–Trinajstić information content (AvgIpc) is 2.95. The van der Waals surface area contributed by atoms with Crippen LogP contribution in [0.1, 0.15) is 118 Å². The molecule has 2 unspecified atom stereocenters. The normalized spacial score (nSPS) is 22.3. The maximum atomic E-state index is 13.4. The zero-order valence-corrected chi connectivity index (χ0v) is 28.1. The molecule has 5 rings (SSSR count). The fraction of sp³-hybridized carbons (Fsp3) is 0.647. The molecule has 0 bridgehead atoms. The number of halogens is 3. The number of aliphatic hydroxyl groups is 1. The summed E-state index contributed by atoms with van der Waals surface area (Å²) in [5.74, 6) is 0.0390. The van der Waals surface area contributed by atoms with Gasteiger partial charge in [-0.2, -0.15) is 13.2 Å². The van der Waals surface area contributed by atoms with Crippen molar-refractivity contribution >= 4 is 13.9 Å². The summed E-state index contributed by atoms with van der Waals surface area (Å²) in [5, 5.41) is 12.1. The third kappa shape index (κ3) is 6.84. The number of rotatable bonds is 6. The molecule has 1 fully saturated rings. The Morgan fingerprint density at radius 2 is 1.77 bits per heavy atom. The SMILES string of the molecule is CC1(C)Cc2nc(C3CCOCC3)c(C(O)c3ccc(C(F)(F)F)cn3)c(C3=CCOCC3)c2C(O[Si](C)(C)C(C)(C)C)C1. The Bertz CT molecular complexity index is 1380. The number of nitrogens with zero attached hydrogens (tertiary/aromatic N) is 2. The van der Waals surface area contributed by atoms with E-state index in [1.807, 2.05) is 0 Å². The first kappa shape index (κ1) is 33.3. The van der Waals surface area contributed by atoms with Crippen LogP contribution in [0.4, 0.5) is 13.2 Å². The van der Waals surface area contributed by atoms with Crippen LogP contribution in [-0.4, -0.2) is 49.8 Å². The Labute approximate surface area is 260 Å². The molecule has 0 amide bonds. The molecule has 44 heavy (non-hydrogen) atoms. The molecule has 1 saturated heterocycles. The first-order valence-electron chi connectivity index (χ1n) is 15.8. The molecule has 242 valence electrons. The van der Waals surface area contributed by atoms with Crippen molar-refractivity contribution in [1.29, 1.82) is 0 Å². The standard InChI is InChI=1S/C34H47F3N2O4Si/c1-32(2,3)44(6,7)43-26-19-33(4,5)18-25-28(26)27(21-10-14-41-15-11-21)29(30(39-25)22-12-16-42-17-13-22)31(40)24-9-8-23(20-38-24)34(35,36)37/h8-10,20,22,26,31,40H,11-19H2,1-7H3. The lowest BCUT2D eigenvalue weighted by Gasteiger charge is -2.45. The number of aliphatic hydroxyl groups excluding tert-OH is 1. The maximum Gasteiger partial charge on any atom is 0.417 e. The second-order valence-electron chi connectivity index (χ2n) is 14.9. The number of alkyl halides is 3. The monoisotopic (exact) mass is 632 g/mol. The quantitative estimate of drug-likeness (QED) is 0.323. The summed E-state index contributed by atoms with van der Waals surface area (Å²) >= 11 is 0. The van der Waals surface area contributed by atoms with Crippen LogP contribution in [0.15, 0.2) is 24.4 Å². The van der Waals surface area contributed by atoms with Crippen molar-refractivity contribution in [3.63, 3.8) is 0 Å². The van der Waals surface area contributed by atoms with Crippen molar-refractivity contribution < 1.29 is 32.2 Å². The Balaban J connectivity index is 1.78. The van der Waals surface area contributed by atoms with Gasteiger partial charge in [0.2, 0.25) is 0 Å². The lowest BCUT2D eigenvalue weighted by Crippen LogP contribution is -2.44. The molecule has 0 radical (unpaired) electrons. The van der Waals surface area contributed by atoms with Crippen LogP contribution in [-0.2, 0) is 26.5 Å². The molecule has 1 aliphatic carbocycles. The van der Waals surface area contributed by atoms with Crippen LogP contribution in [0.3, 0.4) is 0 Å². The van der Waals surface area contributed by atoms with Gasteiger partial charge >= 0.3 is 6.18 Å². The van der Waals surface area contributed by atoms with Gasteiger partial charge in [-0.05, 0) is 78.9 Å². The van der Waals surface area contributed by atoms with Crippen LogP contribution in [0.25, 0.3) is 5.57 Å². The van der Waals surface area contributed by atoms with Gasteiger partial charge in [-0.25, -0.2) is 0 Å². The van der Waals surface area contributed by atoms with Gasteiger partial charge in [-0.15, -0.1) is 0 Å². The van der Waals surface area contributed by atoms with Gasteiger partial charge in [-0.3, -0.25) is 9.97 Å². The van der Waals surface area contributed by atoms with Gasteiger partial charge in [-0.1, -0.05) is 40.7 Å². The Morgan fingerprint density at radius 1 is 1.07 bits per heavy atom. The molecular formula is C34H47F3N2O4Si. The Kier molecular flexibility index (Phi) is 9.25. The number of ether oxygens (including phenoxy) is 2. The van der Waals surface area contributed by atoms with E-state index < -0.39 is 26.2 Å². The highest BCUT2D eigenvalue weighted by atomic mass is 28.4. The minimum Gasteiger partial charge on any atom is -0.410 e. The van der Waals surface area contributed by atoms with Crippen LogP contribution in [0.2, 0.25) is 18.1 Å². The minimum absolute atomic E-state index is 0.0190. The Morgan fingerprint density at radius 3 is 2.34 bits per heavy atom. The average molecular weight is 633 g/mol. The van der Waals surface area contributed by atoms with Gasteiger partial charge < -0.3 is 19.0 Å². The summed E-state index contributed by atoms with van der Waals surface area (Å²) in [6.45, 7) is 17.9. The fourth-order valence-corrected chi connectivity index (χ4v) is 7.74. The zero-order valence-electron chi connectivity index (χ0n) is 27.1. The van der Waals surface area contributed by atoms with Gasteiger partial charge in [0.15, 0.2) is 8.32 Å². The number of hydrogen-bond acceptors (Lipinski definition) is 6. The number of aromatic nitrogens is 2. The number of fused-ring (bicyclic) bond motifs is 1. The number of hydrogen-bond donors (Lipinski definition) is 1. The molecular weight excluding hydrogens is 585 g/mol. The second kappa shape index (κ2) is 12.2. The van der Waals surface area contributed by atoms with E-state index in [1.54, 1.807) is 0 Å². The predicted molar refractivity (Wildman–Crippen MR) is 167 cm³/mol. The van der Waals surface area contributed by atoms with E-state index in [9.17, 15) is 18.3 Å². The van der Waals surface area contributed by atoms with E-state index in [0.717, 1.165) is 66.0 Å². The smallest absolute Gasteiger partial charge is 0.410 e. The largest absolute Gasteiger partial charge is 0.417 e. The molecule has 2 aromatic rings. The second-order valence-corrected chi connectivity index (χ2v) is 19.6. The predicted octanol–water partition coefficient (Wildman–Crippen LogP) is 8.31. The lowest BCUT2D eigenvalue weighted by atomic mass is 9.71. The highest BCUT2D eigenvalue weighted by Gasteiger charge is 2.45. The molecule has 1 N–H and O–H groups in total. The minimum atomic E-state index is -4.52. The van der Waals surface area contributed by atoms with E-state index in [2.05, 4.69) is 58.8 Å². The van der Waals surface area contributed by atoms with Crippen molar-refractivity contribution in [2.45, 2.75) is 109 Å². The van der Waals surface area contributed by atoms with Crippen molar-refractivity contribution in [3.8, 4) is 0 Å². The van der Waals surface area contributed by atoms with Crippen molar-refractivity contribution in [2.75, 3.05) is 26.4 Å². The third-order valence-electron chi connectivity index (χ3n) is 9.89. The van der Waals surface area contributed by atoms with Crippen LogP contribution in [0.5, 0.6) is 0 Å². The summed E-state index contributed by atoms with van der Waals surface area (Å²) in [5.41, 5.74) is 4.69. The van der Waals surface area contributed by atoms with Crippen LogP contribution >= 0.6 is 0 Å². The molecule has 0 saturated carbocycles. The highest BCUT2D eigenvalue weighted by Crippen LogP contribution is 2.52. The van der Waals surface area contributed by atoms with Gasteiger partial charge in [0.05, 0.1) is 36.3 Å². The summed E-state index contributed by atoms with van der Waals surface area (Å²) < 4.78 is 58.9. The molecule has 0 spiro atoms. The van der Waals surface area contributed by atoms with E-state index in [0.29, 0.717) is 38.4 Å². The summed E-state index contributed by atoms with van der Waals surface area (Å²) in [4.78, 5) is 9.54. The van der Waals surface area contributed by atoms with Gasteiger partial charge in [0.1, 0.15) is 6.10 Å². The maximum absolute atomic E-state index is 13.4. The molecule has 6 nitrogen and oxygen atoms in total. The molecule has 4 heterocycles. The molecule has 2 aliphatic heterocycles. The third-order valence-corrected chi connectivity index (χ3v) is 14.4. The van der Waals surface area contributed by atoms with E-state index in [-0.39, 0.29) is 28.2 Å². The summed E-state index contributed by atoms with van der Waals surface area (Å²) in [6, 6.07) is 2.28. The molecule has 3 aliphatic rings. The number of pyridine rings is 2. The lowest BCUT2D eigenvalue weighted by molar-refractivity contribution is -0.137. The van der Waals surface area contributed by atoms with E-state index in [1.165, 1.54) is 6.07 Å². The van der Waals surface area contributed by atoms with Gasteiger partial charge in [0.25, 0.3) is 0 Å². The molecule has 2 aromatic heterocycles. The first-order valence-corrected chi connectivity index (χ1v) is 18.7. The Hall–Kier alpha value is -2.11. The van der Waals surface area contributed by atoms with Crippen molar-refractivity contribution in [1.82, 2.24) is 9.97 Å². The van der Waals surface area contributed by atoms with Crippen molar-refractivity contribution in [2.24, 2.45) is 5.41 Å². The van der Waals surface area contributed by atoms with Crippen molar-refractivity contribution in [3.05, 3.63) is 63.7 Å². The molecule has 10 heteroatoms. The fourth-order valence-electron chi connectivity index (χ4n) is 6.47. The molecule has 0 aromatic carbocycles.